The van der Waals surface area contributed by atoms with Crippen molar-refractivity contribution in [3.8, 4) is 0 Å². The summed E-state index contributed by atoms with van der Waals surface area (Å²) in [5.74, 6) is -1.92. The minimum absolute atomic E-state index is 0.0826. The first-order chi connectivity index (χ1) is 25.4. The van der Waals surface area contributed by atoms with Crippen LogP contribution in [0.15, 0.2) is 29.2 Å². The number of carboxylic acid groups (broad SMARTS) is 1. The fourth-order valence-corrected chi connectivity index (χ4v) is 7.67. The molecule has 0 aliphatic carbocycles. The average Bonchev–Trinajstić information content (AvgIpc) is 3.12. The first kappa shape index (κ1) is 43.9. The van der Waals surface area contributed by atoms with Crippen molar-refractivity contribution < 1.29 is 51.9 Å². The number of nitrogens with one attached hydrogen (secondary N) is 3. The lowest BCUT2D eigenvalue weighted by atomic mass is 9.84. The van der Waals surface area contributed by atoms with Gasteiger partial charge >= 0.3 is 18.2 Å². The maximum Gasteiger partial charge on any atom is 0.410 e. The molecular formula is C35H54N6O12S. The lowest BCUT2D eigenvalue weighted by Crippen LogP contribution is -2.50. The molecular weight excluding hydrogens is 728 g/mol. The Labute approximate surface area is 315 Å². The van der Waals surface area contributed by atoms with E-state index in [1.54, 1.807) is 4.90 Å². The number of nitrogens with zero attached hydrogens (tertiary/aromatic N) is 3. The summed E-state index contributed by atoms with van der Waals surface area (Å²) in [6.07, 6.45) is 4.13. The van der Waals surface area contributed by atoms with Crippen LogP contribution in [0.2, 0.25) is 0 Å². The minimum Gasteiger partial charge on any atom is -0.465 e. The standard InChI is InChI=1S/C35H54N6O12S/c1-5-52-32(44)29(38-54(50,51)28-8-6-7-27(21-28)41(48)49)22-36-30(42)23-37-31(43)26(11-9-24-13-17-39(18-14-24)33(45)46)12-10-25-15-19-40(20-16-25)34(47)53-35(2,3)4/h6-8,21,24-26,29,38H,5,9-20,22-23H2,1-4H3,(H,36,42)(H,37,43)(H,45,46)/t26?,29-/m0/s1. The van der Waals surface area contributed by atoms with E-state index in [9.17, 15) is 47.6 Å². The molecule has 2 heterocycles. The molecule has 2 aliphatic rings. The zero-order valence-corrected chi connectivity index (χ0v) is 32.2. The maximum absolute atomic E-state index is 13.5. The minimum atomic E-state index is -4.45. The Bertz CT molecular complexity index is 1580. The smallest absolute Gasteiger partial charge is 0.410 e. The molecule has 2 aliphatic heterocycles. The van der Waals surface area contributed by atoms with Gasteiger partial charge in [0.15, 0.2) is 0 Å². The van der Waals surface area contributed by atoms with Crippen LogP contribution in [-0.2, 0) is 33.9 Å². The van der Waals surface area contributed by atoms with Crippen LogP contribution in [0.1, 0.15) is 79.1 Å². The van der Waals surface area contributed by atoms with Crippen molar-refractivity contribution in [2.45, 2.75) is 95.6 Å². The molecule has 18 nitrogen and oxygen atoms in total. The normalized spacial score (nSPS) is 16.9. The highest BCUT2D eigenvalue weighted by molar-refractivity contribution is 7.89. The van der Waals surface area contributed by atoms with E-state index in [2.05, 4.69) is 15.4 Å². The van der Waals surface area contributed by atoms with Crippen LogP contribution in [-0.4, -0.2) is 116 Å². The fraction of sp³-hybridized carbons (Fsp3) is 0.686. The molecule has 2 saturated heterocycles. The second-order valence-electron chi connectivity index (χ2n) is 14.7. The molecule has 2 fully saturated rings. The van der Waals surface area contributed by atoms with Crippen molar-refractivity contribution in [3.05, 3.63) is 34.4 Å². The average molecular weight is 783 g/mol. The van der Waals surface area contributed by atoms with Gasteiger partial charge in [-0.05, 0) is 97.0 Å². The third-order valence-electron chi connectivity index (χ3n) is 9.50. The van der Waals surface area contributed by atoms with Crippen LogP contribution in [0, 0.1) is 27.9 Å². The summed E-state index contributed by atoms with van der Waals surface area (Å²) in [6, 6.07) is 2.68. The number of nitro benzene ring substituents is 1. The Morgan fingerprint density at radius 3 is 2.06 bits per heavy atom. The molecule has 4 amide bonds. The van der Waals surface area contributed by atoms with E-state index in [4.69, 9.17) is 9.47 Å². The predicted molar refractivity (Wildman–Crippen MR) is 195 cm³/mol. The first-order valence-electron chi connectivity index (χ1n) is 18.3. The van der Waals surface area contributed by atoms with Crippen molar-refractivity contribution in [1.82, 2.24) is 25.2 Å². The number of non-ortho nitro benzene ring substituents is 1. The number of hydrogen-bond acceptors (Lipinski definition) is 11. The monoisotopic (exact) mass is 782 g/mol. The van der Waals surface area contributed by atoms with Crippen molar-refractivity contribution in [3.63, 3.8) is 0 Å². The van der Waals surface area contributed by atoms with E-state index in [-0.39, 0.29) is 30.4 Å². The first-order valence-corrected chi connectivity index (χ1v) is 19.8. The van der Waals surface area contributed by atoms with Gasteiger partial charge in [-0.15, -0.1) is 0 Å². The largest absolute Gasteiger partial charge is 0.465 e. The van der Waals surface area contributed by atoms with E-state index >= 15 is 0 Å². The number of rotatable bonds is 17. The summed E-state index contributed by atoms with van der Waals surface area (Å²) in [7, 11) is -4.45. The Hall–Kier alpha value is -4.52. The summed E-state index contributed by atoms with van der Waals surface area (Å²) in [5, 5.41) is 25.5. The topological polar surface area (TPSA) is 244 Å². The summed E-state index contributed by atoms with van der Waals surface area (Å²) < 4.78 is 38.6. The highest BCUT2D eigenvalue weighted by Gasteiger charge is 2.31. The Morgan fingerprint density at radius 1 is 0.963 bits per heavy atom. The number of sulfonamides is 1. The van der Waals surface area contributed by atoms with E-state index < -0.39 is 74.1 Å². The molecule has 0 radical (unpaired) electrons. The van der Waals surface area contributed by atoms with Crippen molar-refractivity contribution in [1.29, 1.82) is 0 Å². The second-order valence-corrected chi connectivity index (χ2v) is 16.4. The molecule has 1 unspecified atom stereocenters. The van der Waals surface area contributed by atoms with Gasteiger partial charge in [-0.25, -0.2) is 18.0 Å². The molecule has 0 spiro atoms. The van der Waals surface area contributed by atoms with E-state index in [1.807, 2.05) is 20.8 Å². The van der Waals surface area contributed by atoms with E-state index in [1.165, 1.54) is 17.9 Å². The van der Waals surface area contributed by atoms with Crippen LogP contribution in [0.25, 0.3) is 0 Å². The number of esters is 1. The van der Waals surface area contributed by atoms with Gasteiger partial charge in [0.05, 0.1) is 23.0 Å². The number of carbonyl (C=O) groups excluding carboxylic acids is 4. The van der Waals surface area contributed by atoms with Crippen LogP contribution < -0.4 is 15.4 Å². The van der Waals surface area contributed by atoms with Gasteiger partial charge in [0.2, 0.25) is 21.8 Å². The van der Waals surface area contributed by atoms with E-state index in [0.717, 1.165) is 37.5 Å². The van der Waals surface area contributed by atoms with Crippen molar-refractivity contribution >= 4 is 45.7 Å². The van der Waals surface area contributed by atoms with Gasteiger partial charge in [-0.3, -0.25) is 24.5 Å². The predicted octanol–water partition coefficient (Wildman–Crippen LogP) is 3.25. The van der Waals surface area contributed by atoms with E-state index in [0.29, 0.717) is 58.3 Å². The number of amides is 4. The van der Waals surface area contributed by atoms with Crippen LogP contribution in [0.5, 0.6) is 0 Å². The molecule has 1 aromatic rings. The van der Waals surface area contributed by atoms with Crippen LogP contribution in [0.4, 0.5) is 15.3 Å². The lowest BCUT2D eigenvalue weighted by molar-refractivity contribution is -0.385. The summed E-state index contributed by atoms with van der Waals surface area (Å²) in [4.78, 5) is 75.8. The molecule has 4 N–H and O–H groups in total. The maximum atomic E-state index is 13.5. The molecule has 302 valence electrons. The molecule has 0 aromatic heterocycles. The molecule has 54 heavy (non-hydrogen) atoms. The van der Waals surface area contributed by atoms with Gasteiger partial charge in [0, 0.05) is 50.8 Å². The van der Waals surface area contributed by atoms with Gasteiger partial charge < -0.3 is 35.0 Å². The lowest BCUT2D eigenvalue weighted by Gasteiger charge is -2.34. The van der Waals surface area contributed by atoms with Gasteiger partial charge in [-0.2, -0.15) is 4.72 Å². The fourth-order valence-electron chi connectivity index (χ4n) is 6.45. The summed E-state index contributed by atoms with van der Waals surface area (Å²) >= 11 is 0. The molecule has 0 bridgehead atoms. The molecule has 2 atom stereocenters. The van der Waals surface area contributed by atoms with Crippen molar-refractivity contribution in [2.75, 3.05) is 45.9 Å². The third-order valence-corrected chi connectivity index (χ3v) is 11.0. The van der Waals surface area contributed by atoms with Crippen LogP contribution in [0.3, 0.4) is 0 Å². The third kappa shape index (κ3) is 14.4. The second kappa shape index (κ2) is 20.2. The highest BCUT2D eigenvalue weighted by Crippen LogP contribution is 2.29. The Balaban J connectivity index is 1.58. The quantitative estimate of drug-likeness (QED) is 0.101. The number of piperidine rings is 2. The van der Waals surface area contributed by atoms with Crippen molar-refractivity contribution in [2.24, 2.45) is 17.8 Å². The number of benzene rings is 1. The van der Waals surface area contributed by atoms with Crippen LogP contribution >= 0.6 is 0 Å². The Morgan fingerprint density at radius 2 is 1.54 bits per heavy atom. The summed E-state index contributed by atoms with van der Waals surface area (Å²) in [6.45, 7) is 7.87. The number of ether oxygens (including phenoxy) is 2. The SMILES string of the molecule is CCOC(=O)[C@H](CNC(=O)CNC(=O)C(CCC1CCN(C(=O)O)CC1)CCC1CCN(C(=O)OC(C)(C)C)CC1)NS(=O)(=O)c1cccc([N+](=O)[O-])c1. The molecule has 19 heteroatoms. The van der Waals surface area contributed by atoms with Gasteiger partial charge in [0.25, 0.3) is 5.69 Å². The van der Waals surface area contributed by atoms with Gasteiger partial charge in [0.1, 0.15) is 11.6 Å². The molecule has 0 saturated carbocycles. The summed E-state index contributed by atoms with van der Waals surface area (Å²) in [5.41, 5.74) is -1.06. The molecule has 1 aromatic carbocycles. The van der Waals surface area contributed by atoms with Gasteiger partial charge in [-0.1, -0.05) is 6.07 Å². The highest BCUT2D eigenvalue weighted by atomic mass is 32.2. The number of carbonyl (C=O) groups is 5. The number of likely N-dealkylation sites (tertiary alicyclic amines) is 2. The molecule has 3 rings (SSSR count). The Kier molecular flexibility index (Phi) is 16.4. The number of nitro groups is 1. The number of hydrogen-bond donors (Lipinski definition) is 4. The zero-order chi connectivity index (χ0) is 40.1. The zero-order valence-electron chi connectivity index (χ0n) is 31.4.